The van der Waals surface area contributed by atoms with Gasteiger partial charge in [0.2, 0.25) is 23.0 Å². The Morgan fingerprint density at radius 3 is 2.40 bits per heavy atom. The van der Waals surface area contributed by atoms with Gasteiger partial charge in [-0.25, -0.2) is 0 Å². The zero-order valence-corrected chi connectivity index (χ0v) is 24.6. The van der Waals surface area contributed by atoms with Gasteiger partial charge < -0.3 is 30.2 Å². The summed E-state index contributed by atoms with van der Waals surface area (Å²) in [5.74, 6) is 1.90. The lowest BCUT2D eigenvalue weighted by atomic mass is 9.95. The standard InChI is InChI=1S/C31H43N3O6/c1-19(2)18-33-28(37)10-8-7-9-15-32-25-14-12-22-23(17-26(25)36)24(34-20(3)35)13-11-21-16-27(38-4)30(39-5)31(40-6)29(21)22/h12,14,16-17,19,24H,7-11,13,15,18H2,1-6H3,(H,32,36)(H,33,37)(H,34,35). The van der Waals surface area contributed by atoms with Gasteiger partial charge in [-0.3, -0.25) is 14.4 Å². The Balaban J connectivity index is 1.88. The normalized spacial score (nSPS) is 13.9. The molecule has 0 fully saturated rings. The third-order valence-electron chi connectivity index (χ3n) is 7.02. The lowest BCUT2D eigenvalue weighted by Gasteiger charge is -2.19. The molecular formula is C31H43N3O6. The number of carbonyl (C=O) groups excluding carboxylic acids is 2. The molecule has 2 aromatic carbocycles. The fraction of sp³-hybridized carbons (Fsp3) is 0.516. The maximum atomic E-state index is 13.4. The van der Waals surface area contributed by atoms with Crippen molar-refractivity contribution < 1.29 is 23.8 Å². The average Bonchev–Trinajstić information content (AvgIpc) is 3.16. The Morgan fingerprint density at radius 2 is 1.75 bits per heavy atom. The molecule has 0 heterocycles. The second-order valence-corrected chi connectivity index (χ2v) is 10.5. The number of aryl methyl sites for hydroxylation is 1. The molecule has 3 rings (SSSR count). The van der Waals surface area contributed by atoms with Crippen molar-refractivity contribution >= 4 is 17.5 Å². The third-order valence-corrected chi connectivity index (χ3v) is 7.02. The monoisotopic (exact) mass is 553 g/mol. The van der Waals surface area contributed by atoms with Gasteiger partial charge in [0, 0.05) is 32.0 Å². The van der Waals surface area contributed by atoms with Gasteiger partial charge >= 0.3 is 0 Å². The highest BCUT2D eigenvalue weighted by Crippen LogP contribution is 2.50. The van der Waals surface area contributed by atoms with Crippen LogP contribution in [0.2, 0.25) is 0 Å². The summed E-state index contributed by atoms with van der Waals surface area (Å²) >= 11 is 0. The zero-order chi connectivity index (χ0) is 29.2. The van der Waals surface area contributed by atoms with Crippen LogP contribution in [0.15, 0.2) is 29.1 Å². The molecule has 9 nitrogen and oxygen atoms in total. The van der Waals surface area contributed by atoms with Crippen LogP contribution in [0.4, 0.5) is 5.69 Å². The summed E-state index contributed by atoms with van der Waals surface area (Å²) in [4.78, 5) is 37.4. The van der Waals surface area contributed by atoms with E-state index in [-0.39, 0.29) is 23.3 Å². The predicted octanol–water partition coefficient (Wildman–Crippen LogP) is 4.61. The minimum atomic E-state index is -0.351. The fourth-order valence-electron chi connectivity index (χ4n) is 5.07. The first kappa shape index (κ1) is 30.8. The van der Waals surface area contributed by atoms with Gasteiger partial charge in [-0.1, -0.05) is 26.3 Å². The summed E-state index contributed by atoms with van der Waals surface area (Å²) in [5.41, 5.74) is 3.64. The van der Waals surface area contributed by atoms with Crippen LogP contribution in [0.25, 0.3) is 11.1 Å². The molecule has 218 valence electrons. The molecule has 0 radical (unpaired) electrons. The number of methoxy groups -OCH3 is 3. The fourth-order valence-corrected chi connectivity index (χ4v) is 5.07. The SMILES string of the molecule is COc1cc2c(c(OC)c1OC)-c1ccc(NCCCCCC(=O)NCC(C)C)c(=O)cc1C(NC(C)=O)CC2. The van der Waals surface area contributed by atoms with E-state index in [0.29, 0.717) is 61.2 Å². The second kappa shape index (κ2) is 14.6. The molecule has 2 aromatic rings. The number of anilines is 1. The average molecular weight is 554 g/mol. The molecule has 0 saturated heterocycles. The van der Waals surface area contributed by atoms with Crippen molar-refractivity contribution in [3.8, 4) is 28.4 Å². The molecule has 1 atom stereocenters. The molecular weight excluding hydrogens is 510 g/mol. The first-order valence-electron chi connectivity index (χ1n) is 14.0. The number of nitrogens with one attached hydrogen (secondary N) is 3. The summed E-state index contributed by atoms with van der Waals surface area (Å²) < 4.78 is 17.0. The highest BCUT2D eigenvalue weighted by molar-refractivity contribution is 5.83. The van der Waals surface area contributed by atoms with Crippen molar-refractivity contribution in [2.45, 2.75) is 65.3 Å². The van der Waals surface area contributed by atoms with Gasteiger partial charge in [0.15, 0.2) is 11.5 Å². The maximum absolute atomic E-state index is 13.4. The van der Waals surface area contributed by atoms with Crippen LogP contribution in [0.1, 0.15) is 70.0 Å². The number of carbonyl (C=O) groups is 2. The molecule has 0 bridgehead atoms. The summed E-state index contributed by atoms with van der Waals surface area (Å²) in [7, 11) is 4.72. The minimum absolute atomic E-state index is 0.0822. The molecule has 0 aliphatic heterocycles. The number of amides is 2. The molecule has 1 aliphatic carbocycles. The van der Waals surface area contributed by atoms with Crippen LogP contribution in [-0.4, -0.2) is 46.2 Å². The summed E-state index contributed by atoms with van der Waals surface area (Å²) in [6.07, 6.45) is 4.26. The summed E-state index contributed by atoms with van der Waals surface area (Å²) in [5, 5.41) is 9.24. The number of hydrogen-bond acceptors (Lipinski definition) is 7. The molecule has 0 saturated carbocycles. The van der Waals surface area contributed by atoms with Gasteiger partial charge in [-0.2, -0.15) is 0 Å². The number of rotatable bonds is 13. The van der Waals surface area contributed by atoms with Crippen molar-refractivity contribution in [1.82, 2.24) is 10.6 Å². The number of unbranched alkanes of at least 4 members (excludes halogenated alkanes) is 2. The number of fused-ring (bicyclic) bond motifs is 3. The van der Waals surface area contributed by atoms with Crippen LogP contribution in [0.5, 0.6) is 17.2 Å². The van der Waals surface area contributed by atoms with E-state index >= 15 is 0 Å². The molecule has 0 spiro atoms. The smallest absolute Gasteiger partial charge is 0.220 e. The highest BCUT2D eigenvalue weighted by atomic mass is 16.5. The Bertz CT molecular complexity index is 1260. The van der Waals surface area contributed by atoms with Crippen molar-refractivity contribution in [2.24, 2.45) is 5.92 Å². The zero-order valence-electron chi connectivity index (χ0n) is 24.6. The Hall–Kier alpha value is -3.75. The Morgan fingerprint density at radius 1 is 1.00 bits per heavy atom. The van der Waals surface area contributed by atoms with E-state index in [1.165, 1.54) is 6.92 Å². The number of benzene rings is 1. The Labute approximate surface area is 237 Å². The van der Waals surface area contributed by atoms with Gasteiger partial charge in [-0.15, -0.1) is 0 Å². The van der Waals surface area contributed by atoms with Crippen LogP contribution in [-0.2, 0) is 16.0 Å². The second-order valence-electron chi connectivity index (χ2n) is 10.5. The van der Waals surface area contributed by atoms with Crippen LogP contribution < -0.4 is 35.6 Å². The van der Waals surface area contributed by atoms with Crippen molar-refractivity contribution in [2.75, 3.05) is 39.7 Å². The maximum Gasteiger partial charge on any atom is 0.220 e. The lowest BCUT2D eigenvalue weighted by Crippen LogP contribution is -2.26. The molecule has 40 heavy (non-hydrogen) atoms. The lowest BCUT2D eigenvalue weighted by molar-refractivity contribution is -0.121. The minimum Gasteiger partial charge on any atom is -0.493 e. The van der Waals surface area contributed by atoms with Gasteiger partial charge in [-0.05, 0) is 66.5 Å². The largest absolute Gasteiger partial charge is 0.493 e. The van der Waals surface area contributed by atoms with E-state index in [1.807, 2.05) is 12.1 Å². The van der Waals surface area contributed by atoms with E-state index in [4.69, 9.17) is 14.2 Å². The molecule has 1 aliphatic rings. The van der Waals surface area contributed by atoms with Crippen molar-refractivity contribution in [3.63, 3.8) is 0 Å². The molecule has 1 unspecified atom stereocenters. The molecule has 0 aromatic heterocycles. The Kier molecular flexibility index (Phi) is 11.2. The van der Waals surface area contributed by atoms with Crippen LogP contribution >= 0.6 is 0 Å². The summed E-state index contributed by atoms with van der Waals surface area (Å²) in [6.45, 7) is 6.92. The molecule has 2 amide bonds. The van der Waals surface area contributed by atoms with Crippen molar-refractivity contribution in [1.29, 1.82) is 0 Å². The van der Waals surface area contributed by atoms with E-state index in [9.17, 15) is 14.4 Å². The summed E-state index contributed by atoms with van der Waals surface area (Å²) in [6, 6.07) is 6.89. The first-order chi connectivity index (χ1) is 19.2. The number of hydrogen-bond donors (Lipinski definition) is 3. The molecule has 3 N–H and O–H groups in total. The quantitative estimate of drug-likeness (QED) is 0.310. The van der Waals surface area contributed by atoms with Crippen LogP contribution in [0.3, 0.4) is 0 Å². The van der Waals surface area contributed by atoms with Crippen LogP contribution in [0, 0.1) is 5.92 Å². The van der Waals surface area contributed by atoms with Gasteiger partial charge in [0.05, 0.1) is 33.1 Å². The molecule has 9 heteroatoms. The first-order valence-corrected chi connectivity index (χ1v) is 14.0. The van der Waals surface area contributed by atoms with E-state index in [0.717, 1.165) is 41.5 Å². The number of ether oxygens (including phenoxy) is 3. The van der Waals surface area contributed by atoms with E-state index in [2.05, 4.69) is 29.8 Å². The van der Waals surface area contributed by atoms with E-state index < -0.39 is 0 Å². The predicted molar refractivity (Wildman–Crippen MR) is 157 cm³/mol. The highest BCUT2D eigenvalue weighted by Gasteiger charge is 2.29. The third kappa shape index (κ3) is 7.67. The van der Waals surface area contributed by atoms with E-state index in [1.54, 1.807) is 33.5 Å². The van der Waals surface area contributed by atoms with Gasteiger partial charge in [0.25, 0.3) is 0 Å². The van der Waals surface area contributed by atoms with Crippen molar-refractivity contribution in [3.05, 3.63) is 45.6 Å². The topological polar surface area (TPSA) is 115 Å². The van der Waals surface area contributed by atoms with Gasteiger partial charge in [0.1, 0.15) is 0 Å².